The summed E-state index contributed by atoms with van der Waals surface area (Å²) in [6, 6.07) is 15.1. The Morgan fingerprint density at radius 3 is 2.42 bits per heavy atom. The molecule has 0 fully saturated rings. The average molecular weight is 485 g/mol. The quantitative estimate of drug-likeness (QED) is 0.399. The van der Waals surface area contributed by atoms with E-state index in [9.17, 15) is 14.4 Å². The number of benzene rings is 2. The molecule has 0 saturated heterocycles. The number of aryl methyl sites for hydroxylation is 1. The summed E-state index contributed by atoms with van der Waals surface area (Å²) < 4.78 is 8.30. The van der Waals surface area contributed by atoms with Crippen molar-refractivity contribution in [3.63, 3.8) is 0 Å². The van der Waals surface area contributed by atoms with Crippen molar-refractivity contribution in [2.75, 3.05) is 5.32 Å². The van der Waals surface area contributed by atoms with Crippen molar-refractivity contribution < 1.29 is 9.53 Å². The summed E-state index contributed by atoms with van der Waals surface area (Å²) >= 11 is 0. The summed E-state index contributed by atoms with van der Waals surface area (Å²) in [6.07, 6.45) is 1.28. The van der Waals surface area contributed by atoms with E-state index in [0.29, 0.717) is 28.0 Å². The van der Waals surface area contributed by atoms with Crippen LogP contribution in [0.1, 0.15) is 20.8 Å². The van der Waals surface area contributed by atoms with Crippen molar-refractivity contribution in [2.24, 2.45) is 7.05 Å². The lowest BCUT2D eigenvalue weighted by atomic mass is 10.1. The van der Waals surface area contributed by atoms with E-state index < -0.39 is 17.3 Å². The van der Waals surface area contributed by atoms with Crippen LogP contribution in [0.25, 0.3) is 38.8 Å². The van der Waals surface area contributed by atoms with E-state index in [1.54, 1.807) is 61.9 Å². The van der Waals surface area contributed by atoms with E-state index in [1.165, 1.54) is 10.7 Å². The lowest BCUT2D eigenvalue weighted by molar-refractivity contribution is 0.0636. The van der Waals surface area contributed by atoms with E-state index in [2.05, 4.69) is 20.5 Å². The largest absolute Gasteiger partial charge is 0.444 e. The van der Waals surface area contributed by atoms with E-state index in [4.69, 9.17) is 4.74 Å². The Bertz CT molecular complexity index is 1740. The maximum Gasteiger partial charge on any atom is 0.412 e. The van der Waals surface area contributed by atoms with Gasteiger partial charge >= 0.3 is 6.09 Å². The van der Waals surface area contributed by atoms with Crippen LogP contribution in [-0.2, 0) is 11.8 Å². The molecule has 10 nitrogen and oxygen atoms in total. The lowest BCUT2D eigenvalue weighted by Crippen LogP contribution is -2.27. The molecule has 5 rings (SSSR count). The van der Waals surface area contributed by atoms with Crippen LogP contribution in [-0.4, -0.2) is 36.2 Å². The van der Waals surface area contributed by atoms with Crippen LogP contribution in [0.5, 0.6) is 0 Å². The Morgan fingerprint density at radius 2 is 1.69 bits per heavy atom. The molecule has 0 aliphatic heterocycles. The van der Waals surface area contributed by atoms with Gasteiger partial charge in [-0.3, -0.25) is 19.6 Å². The highest BCUT2D eigenvalue weighted by Gasteiger charge is 2.18. The van der Waals surface area contributed by atoms with Gasteiger partial charge in [-0.1, -0.05) is 12.1 Å². The summed E-state index contributed by atoms with van der Waals surface area (Å²) in [4.78, 5) is 40.7. The van der Waals surface area contributed by atoms with Crippen LogP contribution in [0, 0.1) is 0 Å². The number of fused-ring (bicyclic) bond motifs is 2. The average Bonchev–Trinajstić information content (AvgIpc) is 3.17. The molecule has 0 saturated carbocycles. The first-order valence-corrected chi connectivity index (χ1v) is 11.3. The molecule has 0 bridgehead atoms. The third-order valence-electron chi connectivity index (χ3n) is 5.43. The maximum atomic E-state index is 13.7. The van der Waals surface area contributed by atoms with Gasteiger partial charge in [0.15, 0.2) is 0 Å². The number of nitrogens with one attached hydrogen (secondary N) is 2. The van der Waals surface area contributed by atoms with E-state index >= 15 is 0 Å². The summed E-state index contributed by atoms with van der Waals surface area (Å²) in [5.74, 6) is 0. The van der Waals surface area contributed by atoms with Crippen molar-refractivity contribution in [3.8, 4) is 16.8 Å². The molecular formula is C26H24N6O4. The summed E-state index contributed by atoms with van der Waals surface area (Å²) in [6.45, 7) is 5.34. The first kappa shape index (κ1) is 23.0. The van der Waals surface area contributed by atoms with Crippen molar-refractivity contribution in [1.29, 1.82) is 0 Å². The topological polar surface area (TPSA) is 124 Å². The molecule has 0 aliphatic carbocycles. The molecule has 2 N–H and O–H groups in total. The number of hydrogen-bond acceptors (Lipinski definition) is 6. The zero-order chi connectivity index (χ0) is 25.6. The summed E-state index contributed by atoms with van der Waals surface area (Å²) in [5.41, 5.74) is 2.12. The summed E-state index contributed by atoms with van der Waals surface area (Å²) in [5, 5.41) is 12.4. The van der Waals surface area contributed by atoms with E-state index in [-0.39, 0.29) is 11.1 Å². The van der Waals surface area contributed by atoms with Gasteiger partial charge in [0, 0.05) is 30.4 Å². The van der Waals surface area contributed by atoms with Gasteiger partial charge < -0.3 is 9.72 Å². The second kappa shape index (κ2) is 8.49. The number of amides is 1. The predicted octanol–water partition coefficient (Wildman–Crippen LogP) is 3.97. The SMILES string of the molecule is Cn1cc2cc(-n3nc4ccc(=O)[nH]c4c(-c4ccc(NC(=O)OC(C)(C)C)cc4)c3=O)ccc2n1. The number of hydrogen-bond donors (Lipinski definition) is 2. The molecule has 0 radical (unpaired) electrons. The monoisotopic (exact) mass is 484 g/mol. The van der Waals surface area contributed by atoms with Gasteiger partial charge in [0.05, 0.1) is 22.3 Å². The minimum atomic E-state index is -0.629. The molecule has 2 aromatic carbocycles. The second-order valence-electron chi connectivity index (χ2n) is 9.42. The fourth-order valence-electron chi connectivity index (χ4n) is 3.96. The van der Waals surface area contributed by atoms with Crippen LogP contribution < -0.4 is 16.4 Å². The van der Waals surface area contributed by atoms with Crippen molar-refractivity contribution in [2.45, 2.75) is 26.4 Å². The van der Waals surface area contributed by atoms with Crippen molar-refractivity contribution in [3.05, 3.63) is 81.5 Å². The Kier molecular flexibility index (Phi) is 5.43. The van der Waals surface area contributed by atoms with Gasteiger partial charge in [-0.05, 0) is 62.7 Å². The molecule has 3 heterocycles. The Balaban J connectivity index is 1.62. The molecule has 5 aromatic rings. The number of nitrogens with zero attached hydrogens (tertiary/aromatic N) is 4. The molecule has 36 heavy (non-hydrogen) atoms. The van der Waals surface area contributed by atoms with Crippen molar-refractivity contribution in [1.82, 2.24) is 24.5 Å². The number of rotatable bonds is 3. The van der Waals surface area contributed by atoms with Crippen LogP contribution >= 0.6 is 0 Å². The molecule has 0 aliphatic rings. The highest BCUT2D eigenvalue weighted by Crippen LogP contribution is 2.25. The number of pyridine rings is 1. The van der Waals surface area contributed by atoms with Crippen LogP contribution in [0.4, 0.5) is 10.5 Å². The van der Waals surface area contributed by atoms with Crippen LogP contribution in [0.2, 0.25) is 0 Å². The number of aromatic amines is 1. The first-order valence-electron chi connectivity index (χ1n) is 11.3. The maximum absolute atomic E-state index is 13.7. The predicted molar refractivity (Wildman–Crippen MR) is 138 cm³/mol. The molecule has 1 amide bonds. The van der Waals surface area contributed by atoms with Crippen LogP contribution in [0.15, 0.2) is 70.4 Å². The third-order valence-corrected chi connectivity index (χ3v) is 5.43. The number of carbonyl (C=O) groups excluding carboxylic acids is 1. The number of H-pyrrole nitrogens is 1. The van der Waals surface area contributed by atoms with E-state index in [0.717, 1.165) is 10.9 Å². The molecule has 3 aromatic heterocycles. The van der Waals surface area contributed by atoms with Gasteiger partial charge in [0.1, 0.15) is 11.1 Å². The lowest BCUT2D eigenvalue weighted by Gasteiger charge is -2.19. The second-order valence-corrected chi connectivity index (χ2v) is 9.42. The fourth-order valence-corrected chi connectivity index (χ4v) is 3.96. The minimum absolute atomic E-state index is 0.285. The van der Waals surface area contributed by atoms with E-state index in [1.807, 2.05) is 25.4 Å². The zero-order valence-electron chi connectivity index (χ0n) is 20.2. The Hall–Kier alpha value is -4.73. The molecular weight excluding hydrogens is 460 g/mol. The molecule has 0 spiro atoms. The fraction of sp³-hybridized carbons (Fsp3) is 0.192. The highest BCUT2D eigenvalue weighted by atomic mass is 16.6. The number of ether oxygens (including phenoxy) is 1. The zero-order valence-corrected chi connectivity index (χ0v) is 20.2. The smallest absolute Gasteiger partial charge is 0.412 e. The number of carbonyl (C=O) groups is 1. The van der Waals surface area contributed by atoms with Gasteiger partial charge in [-0.15, -0.1) is 0 Å². The first-order chi connectivity index (χ1) is 17.1. The van der Waals surface area contributed by atoms with Crippen LogP contribution in [0.3, 0.4) is 0 Å². The molecule has 10 heteroatoms. The molecule has 0 atom stereocenters. The third kappa shape index (κ3) is 4.48. The van der Waals surface area contributed by atoms with Gasteiger partial charge in [0.2, 0.25) is 5.56 Å². The normalized spacial score (nSPS) is 11.7. The summed E-state index contributed by atoms with van der Waals surface area (Å²) in [7, 11) is 1.83. The standard InChI is InChI=1S/C26H24N6O4/c1-26(2,3)36-25(35)27-17-7-5-15(6-8-17)22-23-20(11-12-21(33)28-23)30-32(24(22)34)18-9-10-19-16(13-18)14-31(4)29-19/h5-14H,1-4H3,(H,27,35)(H,28,33). The highest BCUT2D eigenvalue weighted by molar-refractivity contribution is 5.91. The molecule has 182 valence electrons. The van der Waals surface area contributed by atoms with Gasteiger partial charge in [-0.2, -0.15) is 14.9 Å². The Labute approximate surface area is 205 Å². The minimum Gasteiger partial charge on any atom is -0.444 e. The van der Waals surface area contributed by atoms with Gasteiger partial charge in [0.25, 0.3) is 5.56 Å². The number of anilines is 1. The van der Waals surface area contributed by atoms with Gasteiger partial charge in [-0.25, -0.2) is 4.79 Å². The van der Waals surface area contributed by atoms with Crippen molar-refractivity contribution >= 4 is 33.7 Å². The Morgan fingerprint density at radius 1 is 0.972 bits per heavy atom. The number of aromatic nitrogens is 5. The molecule has 0 unspecified atom stereocenters.